The fourth-order valence-electron chi connectivity index (χ4n) is 11.2. The molecule has 9 nitrogen and oxygen atoms in total. The summed E-state index contributed by atoms with van der Waals surface area (Å²) in [6.45, 7) is 5.83. The van der Waals surface area contributed by atoms with Crippen LogP contribution < -0.4 is 0 Å². The maximum absolute atomic E-state index is 13.6. The second-order valence-corrected chi connectivity index (χ2v) is 24.3. The van der Waals surface area contributed by atoms with E-state index >= 15 is 0 Å². The summed E-state index contributed by atoms with van der Waals surface area (Å²) in [5.41, 5.74) is -5.57. The van der Waals surface area contributed by atoms with E-state index in [9.17, 15) is 45.0 Å². The highest BCUT2D eigenvalue weighted by Gasteiger charge is 2.70. The zero-order valence-electron chi connectivity index (χ0n) is 46.9. The van der Waals surface area contributed by atoms with E-state index in [1.807, 2.05) is 0 Å². The number of hydrogen-bond donors (Lipinski definition) is 8. The molecule has 8 N–H and O–H groups in total. The number of hydrogen-bond acceptors (Lipinski definition) is 7. The van der Waals surface area contributed by atoms with E-state index in [4.69, 9.17) is 0 Å². The third-order valence-electron chi connectivity index (χ3n) is 16.1. The maximum atomic E-state index is 13.6. The summed E-state index contributed by atoms with van der Waals surface area (Å²) in [7, 11) is -5.55. The molecule has 70 heavy (non-hydrogen) atoms. The summed E-state index contributed by atoms with van der Waals surface area (Å²) in [6, 6.07) is 0. The van der Waals surface area contributed by atoms with Gasteiger partial charge in [0.25, 0.3) is 0 Å². The number of aliphatic hydroxyl groups excluding tert-OH is 3. The normalized spacial score (nSPS) is 15.8. The van der Waals surface area contributed by atoms with Crippen molar-refractivity contribution in [3.05, 3.63) is 0 Å². The Morgan fingerprint density at radius 1 is 0.329 bits per heavy atom. The average molecular weight is 1020 g/mol. The first-order valence-corrected chi connectivity index (χ1v) is 32.6. The van der Waals surface area contributed by atoms with Crippen LogP contribution in [0.2, 0.25) is 0 Å². The van der Waals surface area contributed by atoms with Crippen molar-refractivity contribution in [3.8, 4) is 0 Å². The summed E-state index contributed by atoms with van der Waals surface area (Å²) < 4.78 is 13.6. The van der Waals surface area contributed by atoms with Crippen LogP contribution in [0.5, 0.6) is 0 Å². The third kappa shape index (κ3) is 33.1. The van der Waals surface area contributed by atoms with E-state index < -0.39 is 49.4 Å². The lowest BCUT2D eigenvalue weighted by Crippen LogP contribution is -2.73. The zero-order chi connectivity index (χ0) is 51.9. The van der Waals surface area contributed by atoms with E-state index in [0.29, 0.717) is 25.7 Å². The van der Waals surface area contributed by atoms with Gasteiger partial charge in [0, 0.05) is 0 Å². The highest BCUT2D eigenvalue weighted by atomic mass is 31.2. The SMILES string of the molecule is CCCCCCCCCCCCCCCCCCC(O)([C@@](O)(CCCCCCCCCCCCCCCCCC)[C@@](O)(CCCCCCCCCCCCCCCCCC)[C@H](O)[C@@H](O)CO)P(=O)(O)O. The van der Waals surface area contributed by atoms with E-state index in [0.717, 1.165) is 77.0 Å². The molecule has 0 aromatic carbocycles. The molecule has 0 amide bonds. The zero-order valence-corrected chi connectivity index (χ0v) is 47.8. The smallest absolute Gasteiger partial charge is 0.359 e. The van der Waals surface area contributed by atoms with Crippen LogP contribution in [-0.2, 0) is 4.57 Å². The Bertz CT molecular complexity index is 1140. The van der Waals surface area contributed by atoms with Crippen LogP contribution in [0.25, 0.3) is 0 Å². The van der Waals surface area contributed by atoms with Crippen molar-refractivity contribution in [2.24, 2.45) is 0 Å². The highest BCUT2D eigenvalue weighted by Crippen LogP contribution is 2.62. The molecule has 0 aromatic heterocycles. The van der Waals surface area contributed by atoms with Crippen LogP contribution in [0, 0.1) is 0 Å². The van der Waals surface area contributed by atoms with Crippen molar-refractivity contribution < 1.29 is 45.0 Å². The Morgan fingerprint density at radius 2 is 0.529 bits per heavy atom. The van der Waals surface area contributed by atoms with Crippen molar-refractivity contribution in [2.45, 2.75) is 377 Å². The molecule has 0 saturated carbocycles. The van der Waals surface area contributed by atoms with Gasteiger partial charge in [0.15, 0.2) is 5.34 Å². The Balaban J connectivity index is 5.52. The van der Waals surface area contributed by atoms with Crippen LogP contribution in [0.15, 0.2) is 0 Å². The Hall–Kier alpha value is -0.0900. The molecule has 5 atom stereocenters. The minimum absolute atomic E-state index is 0.217. The van der Waals surface area contributed by atoms with Gasteiger partial charge in [-0.1, -0.05) is 323 Å². The fraction of sp³-hybridized carbons (Fsp3) is 1.00. The number of aliphatic hydroxyl groups is 6. The predicted molar refractivity (Wildman–Crippen MR) is 298 cm³/mol. The second-order valence-electron chi connectivity index (χ2n) is 22.5. The van der Waals surface area contributed by atoms with Crippen molar-refractivity contribution >= 4 is 7.60 Å². The minimum Gasteiger partial charge on any atom is -0.394 e. The molecular weight excluding hydrogens is 896 g/mol. The molecule has 10 heteroatoms. The molecule has 0 heterocycles. The standard InChI is InChI=1S/C60H123O9P/c1-4-7-10-13-16-19-22-25-28-31-34-37-40-43-46-49-52-58(64,57(63)56(62)55-61)59(65,53-50-47-44-41-38-35-32-29-26-23-20-17-14-11-8-5-2)60(66,70(67,68)69)54-51-48-45-42-39-36-33-30-27-24-21-18-15-12-9-6-3/h56-57,61-66H,4-55H2,1-3H3,(H2,67,68,69)/t56-,57+,58+,59+,60?/m0/s1. The van der Waals surface area contributed by atoms with Crippen LogP contribution >= 0.6 is 7.60 Å². The summed E-state index contributed by atoms with van der Waals surface area (Å²) in [4.78, 5) is 22.0. The molecule has 0 aliphatic heterocycles. The minimum atomic E-state index is -5.55. The monoisotopic (exact) mass is 1020 g/mol. The Kier molecular flexibility index (Phi) is 47.3. The van der Waals surface area contributed by atoms with E-state index in [1.54, 1.807) is 0 Å². The van der Waals surface area contributed by atoms with Gasteiger partial charge in [-0.15, -0.1) is 0 Å². The van der Waals surface area contributed by atoms with Gasteiger partial charge in [-0.25, -0.2) is 0 Å². The molecule has 0 fully saturated rings. The summed E-state index contributed by atoms with van der Waals surface area (Å²) in [5.74, 6) is 0. The first kappa shape index (κ1) is 69.9. The second kappa shape index (κ2) is 47.4. The fourth-order valence-corrected chi connectivity index (χ4v) is 12.4. The molecule has 0 spiro atoms. The number of unbranched alkanes of at least 4 members (excludes halogenated alkanes) is 45. The first-order valence-electron chi connectivity index (χ1n) is 31.0. The van der Waals surface area contributed by atoms with Gasteiger partial charge >= 0.3 is 7.60 Å². The Morgan fingerprint density at radius 3 is 0.743 bits per heavy atom. The molecule has 0 radical (unpaired) electrons. The van der Waals surface area contributed by atoms with Gasteiger partial charge in [-0.2, -0.15) is 0 Å². The molecule has 0 aliphatic carbocycles. The van der Waals surface area contributed by atoms with Gasteiger partial charge in [-0.3, -0.25) is 4.57 Å². The molecule has 0 aliphatic rings. The van der Waals surface area contributed by atoms with Crippen LogP contribution in [0.1, 0.15) is 348 Å². The lowest BCUT2D eigenvalue weighted by Gasteiger charge is -2.54. The van der Waals surface area contributed by atoms with Crippen LogP contribution in [-0.4, -0.2) is 75.8 Å². The van der Waals surface area contributed by atoms with Crippen molar-refractivity contribution in [2.75, 3.05) is 6.61 Å². The quantitative estimate of drug-likeness (QED) is 0.0217. The summed E-state index contributed by atoms with van der Waals surface area (Å²) in [5, 5.41) is 67.1. The largest absolute Gasteiger partial charge is 0.394 e. The molecule has 422 valence electrons. The summed E-state index contributed by atoms with van der Waals surface area (Å²) in [6.07, 6.45) is 48.9. The molecule has 1 unspecified atom stereocenters. The average Bonchev–Trinajstić information content (AvgIpc) is 3.34. The lowest BCUT2D eigenvalue weighted by atomic mass is 9.67. The highest BCUT2D eigenvalue weighted by molar-refractivity contribution is 7.53. The Labute approximate surface area is 434 Å². The van der Waals surface area contributed by atoms with Gasteiger partial charge < -0.3 is 40.4 Å². The molecule has 0 bridgehead atoms. The first-order chi connectivity index (χ1) is 33.8. The molecular formula is C60H123O9P. The summed E-state index contributed by atoms with van der Waals surface area (Å²) >= 11 is 0. The van der Waals surface area contributed by atoms with Gasteiger partial charge in [0.2, 0.25) is 0 Å². The van der Waals surface area contributed by atoms with Crippen LogP contribution in [0.4, 0.5) is 0 Å². The lowest BCUT2D eigenvalue weighted by molar-refractivity contribution is -0.276. The molecule has 0 aromatic rings. The van der Waals surface area contributed by atoms with Gasteiger partial charge in [0.05, 0.1) is 6.61 Å². The van der Waals surface area contributed by atoms with Crippen molar-refractivity contribution in [1.29, 1.82) is 0 Å². The van der Waals surface area contributed by atoms with E-state index in [-0.39, 0.29) is 25.7 Å². The molecule has 0 saturated heterocycles. The van der Waals surface area contributed by atoms with Crippen molar-refractivity contribution in [1.82, 2.24) is 0 Å². The van der Waals surface area contributed by atoms with E-state index in [1.165, 1.54) is 193 Å². The third-order valence-corrected chi connectivity index (χ3v) is 17.6. The number of rotatable bonds is 57. The van der Waals surface area contributed by atoms with Crippen LogP contribution in [0.3, 0.4) is 0 Å². The van der Waals surface area contributed by atoms with Gasteiger partial charge in [-0.05, 0) is 25.7 Å². The maximum Gasteiger partial charge on any atom is 0.359 e. The van der Waals surface area contributed by atoms with E-state index in [2.05, 4.69) is 20.8 Å². The van der Waals surface area contributed by atoms with Crippen molar-refractivity contribution in [3.63, 3.8) is 0 Å². The topological polar surface area (TPSA) is 179 Å². The molecule has 0 rings (SSSR count). The predicted octanol–water partition coefficient (Wildman–Crippen LogP) is 17.0. The van der Waals surface area contributed by atoms with Gasteiger partial charge in [0.1, 0.15) is 23.4 Å².